The average Bonchev–Trinajstić information content (AvgIpc) is 2.37. The lowest BCUT2D eigenvalue weighted by Gasteiger charge is -2.12. The fourth-order valence-electron chi connectivity index (χ4n) is 1.53. The summed E-state index contributed by atoms with van der Waals surface area (Å²) in [6.45, 7) is 5.49. The van der Waals surface area contributed by atoms with Crippen molar-refractivity contribution in [2.75, 3.05) is 25.0 Å². The fraction of sp³-hybridized carbons (Fsp3) is 0.538. The summed E-state index contributed by atoms with van der Waals surface area (Å²) in [7, 11) is 0. The smallest absolute Gasteiger partial charge is 0.269 e. The number of hydrogen-bond donors (Lipinski definition) is 3. The van der Waals surface area contributed by atoms with Gasteiger partial charge < -0.3 is 15.7 Å². The molecule has 0 aliphatic carbocycles. The molecule has 0 saturated heterocycles. The number of carbonyl (C=O) groups excluding carboxylic acids is 1. The second-order valence-electron chi connectivity index (χ2n) is 4.29. The van der Waals surface area contributed by atoms with E-state index in [1.54, 1.807) is 12.3 Å². The largest absolute Gasteiger partial charge is 0.396 e. The Labute approximate surface area is 108 Å². The first-order valence-electron chi connectivity index (χ1n) is 6.26. The lowest BCUT2D eigenvalue weighted by molar-refractivity contribution is 0.0951. The van der Waals surface area contributed by atoms with Crippen molar-refractivity contribution >= 4 is 11.6 Å². The van der Waals surface area contributed by atoms with Crippen LogP contribution in [0.3, 0.4) is 0 Å². The van der Waals surface area contributed by atoms with Crippen molar-refractivity contribution in [2.24, 2.45) is 5.92 Å². The Hall–Kier alpha value is -1.62. The highest BCUT2D eigenvalue weighted by Gasteiger charge is 2.07. The lowest BCUT2D eigenvalue weighted by Crippen LogP contribution is -2.23. The van der Waals surface area contributed by atoms with Crippen LogP contribution in [0.4, 0.5) is 5.69 Å². The van der Waals surface area contributed by atoms with E-state index in [1.807, 2.05) is 13.0 Å². The van der Waals surface area contributed by atoms with Crippen LogP contribution < -0.4 is 10.6 Å². The fourth-order valence-corrected chi connectivity index (χ4v) is 1.53. The summed E-state index contributed by atoms with van der Waals surface area (Å²) in [5.74, 6) is 0.223. The Morgan fingerprint density at radius 2 is 2.33 bits per heavy atom. The van der Waals surface area contributed by atoms with E-state index in [0.717, 1.165) is 18.7 Å². The molecule has 0 fully saturated rings. The van der Waals surface area contributed by atoms with Crippen molar-refractivity contribution in [2.45, 2.75) is 20.3 Å². The Balaban J connectivity index is 2.56. The van der Waals surface area contributed by atoms with Gasteiger partial charge in [0.1, 0.15) is 5.69 Å². The minimum absolute atomic E-state index is 0.162. The summed E-state index contributed by atoms with van der Waals surface area (Å²) in [5.41, 5.74) is 1.28. The van der Waals surface area contributed by atoms with E-state index in [4.69, 9.17) is 5.11 Å². The number of anilines is 1. The number of pyridine rings is 1. The molecular formula is C13H21N3O2. The Morgan fingerprint density at radius 3 is 3.00 bits per heavy atom. The number of nitrogens with zero attached hydrogens (tertiary/aromatic N) is 1. The third-order valence-corrected chi connectivity index (χ3v) is 2.61. The van der Waals surface area contributed by atoms with Gasteiger partial charge in [0.15, 0.2) is 0 Å². The van der Waals surface area contributed by atoms with Crippen molar-refractivity contribution < 1.29 is 9.90 Å². The van der Waals surface area contributed by atoms with Crippen LogP contribution in [-0.4, -0.2) is 35.7 Å². The predicted octanol–water partition coefficient (Wildman–Crippen LogP) is 1.26. The highest BCUT2D eigenvalue weighted by molar-refractivity contribution is 5.93. The van der Waals surface area contributed by atoms with Gasteiger partial charge in [-0.25, -0.2) is 0 Å². The van der Waals surface area contributed by atoms with Gasteiger partial charge in [-0.3, -0.25) is 9.78 Å². The molecule has 0 spiro atoms. The SMILES string of the molecule is CCNC(=O)c1cc(NCC(C)CCO)ccn1. The molecule has 0 aliphatic heterocycles. The van der Waals surface area contributed by atoms with Crippen LogP contribution in [0, 0.1) is 5.92 Å². The zero-order valence-electron chi connectivity index (χ0n) is 10.9. The van der Waals surface area contributed by atoms with E-state index in [-0.39, 0.29) is 12.5 Å². The van der Waals surface area contributed by atoms with Crippen LogP contribution in [0.2, 0.25) is 0 Å². The van der Waals surface area contributed by atoms with E-state index in [2.05, 4.69) is 22.5 Å². The average molecular weight is 251 g/mol. The molecule has 1 heterocycles. The van der Waals surface area contributed by atoms with Crippen LogP contribution >= 0.6 is 0 Å². The first-order valence-corrected chi connectivity index (χ1v) is 6.26. The minimum Gasteiger partial charge on any atom is -0.396 e. The molecule has 5 heteroatoms. The summed E-state index contributed by atoms with van der Waals surface area (Å²) in [5, 5.41) is 14.8. The van der Waals surface area contributed by atoms with E-state index in [9.17, 15) is 4.79 Å². The van der Waals surface area contributed by atoms with Gasteiger partial charge in [-0.15, -0.1) is 0 Å². The monoisotopic (exact) mass is 251 g/mol. The molecule has 0 radical (unpaired) electrons. The van der Waals surface area contributed by atoms with E-state index < -0.39 is 0 Å². The van der Waals surface area contributed by atoms with Crippen molar-refractivity contribution in [3.63, 3.8) is 0 Å². The molecule has 1 amide bonds. The first kappa shape index (κ1) is 14.4. The molecule has 1 atom stereocenters. The molecule has 1 aromatic rings. The van der Waals surface area contributed by atoms with E-state index >= 15 is 0 Å². The maximum absolute atomic E-state index is 11.6. The number of aromatic nitrogens is 1. The number of amides is 1. The molecule has 3 N–H and O–H groups in total. The molecular weight excluding hydrogens is 230 g/mol. The molecule has 1 aromatic heterocycles. The Kier molecular flexibility index (Phi) is 6.14. The van der Waals surface area contributed by atoms with Gasteiger partial charge in [0, 0.05) is 31.6 Å². The summed E-state index contributed by atoms with van der Waals surface area (Å²) in [4.78, 5) is 15.6. The summed E-state index contributed by atoms with van der Waals surface area (Å²) in [6, 6.07) is 3.56. The molecule has 0 bridgehead atoms. The highest BCUT2D eigenvalue weighted by Crippen LogP contribution is 2.10. The zero-order chi connectivity index (χ0) is 13.4. The van der Waals surface area contributed by atoms with Gasteiger partial charge in [-0.1, -0.05) is 6.92 Å². The molecule has 1 rings (SSSR count). The lowest BCUT2D eigenvalue weighted by atomic mass is 10.1. The molecule has 5 nitrogen and oxygen atoms in total. The van der Waals surface area contributed by atoms with Gasteiger partial charge in [-0.2, -0.15) is 0 Å². The number of aliphatic hydroxyl groups is 1. The normalized spacial score (nSPS) is 11.9. The number of nitrogens with one attached hydrogen (secondary N) is 2. The van der Waals surface area contributed by atoms with Crippen molar-refractivity contribution in [1.82, 2.24) is 10.3 Å². The van der Waals surface area contributed by atoms with Gasteiger partial charge in [-0.05, 0) is 31.4 Å². The molecule has 1 unspecified atom stereocenters. The molecule has 100 valence electrons. The number of carbonyl (C=O) groups is 1. The Bertz CT molecular complexity index is 382. The second kappa shape index (κ2) is 7.66. The maximum atomic E-state index is 11.6. The molecule has 0 aromatic carbocycles. The summed E-state index contributed by atoms with van der Waals surface area (Å²) in [6.07, 6.45) is 2.38. The van der Waals surface area contributed by atoms with Crippen LogP contribution in [0.25, 0.3) is 0 Å². The first-order chi connectivity index (χ1) is 8.67. The Morgan fingerprint density at radius 1 is 1.56 bits per heavy atom. The van der Waals surface area contributed by atoms with Crippen LogP contribution in [0.1, 0.15) is 30.8 Å². The predicted molar refractivity (Wildman–Crippen MR) is 71.6 cm³/mol. The molecule has 0 saturated carbocycles. The van der Waals surface area contributed by atoms with Gasteiger partial charge in [0.25, 0.3) is 5.91 Å². The van der Waals surface area contributed by atoms with Gasteiger partial charge in [0.05, 0.1) is 0 Å². The topological polar surface area (TPSA) is 74.2 Å². The maximum Gasteiger partial charge on any atom is 0.269 e. The minimum atomic E-state index is -0.162. The van der Waals surface area contributed by atoms with Crippen LogP contribution in [0.5, 0.6) is 0 Å². The number of hydrogen-bond acceptors (Lipinski definition) is 4. The standard InChI is InChI=1S/C13H21N3O2/c1-3-14-13(18)12-8-11(4-6-15-12)16-9-10(2)5-7-17/h4,6,8,10,17H,3,5,7,9H2,1-2H3,(H,14,18)(H,15,16). The van der Waals surface area contributed by atoms with E-state index in [1.165, 1.54) is 0 Å². The van der Waals surface area contributed by atoms with Gasteiger partial charge in [0.2, 0.25) is 0 Å². The summed E-state index contributed by atoms with van der Waals surface area (Å²) < 4.78 is 0. The molecule has 0 aliphatic rings. The number of aliphatic hydroxyl groups excluding tert-OH is 1. The van der Waals surface area contributed by atoms with E-state index in [0.29, 0.717) is 18.2 Å². The summed E-state index contributed by atoms with van der Waals surface area (Å²) >= 11 is 0. The highest BCUT2D eigenvalue weighted by atomic mass is 16.3. The van der Waals surface area contributed by atoms with Crippen molar-refractivity contribution in [3.05, 3.63) is 24.0 Å². The van der Waals surface area contributed by atoms with Crippen LogP contribution in [0.15, 0.2) is 18.3 Å². The number of rotatable bonds is 7. The third-order valence-electron chi connectivity index (χ3n) is 2.61. The molecule has 18 heavy (non-hydrogen) atoms. The zero-order valence-corrected chi connectivity index (χ0v) is 10.9. The van der Waals surface area contributed by atoms with Crippen molar-refractivity contribution in [1.29, 1.82) is 0 Å². The third kappa shape index (κ3) is 4.71. The van der Waals surface area contributed by atoms with Gasteiger partial charge >= 0.3 is 0 Å². The van der Waals surface area contributed by atoms with Crippen molar-refractivity contribution in [3.8, 4) is 0 Å². The second-order valence-corrected chi connectivity index (χ2v) is 4.29. The quantitative estimate of drug-likeness (QED) is 0.682. The van der Waals surface area contributed by atoms with Crippen LogP contribution in [-0.2, 0) is 0 Å².